The van der Waals surface area contributed by atoms with Crippen LogP contribution in [-0.4, -0.2) is 21.2 Å². The predicted octanol–water partition coefficient (Wildman–Crippen LogP) is 5.95. The number of aromatic amines is 1. The van der Waals surface area contributed by atoms with Crippen LogP contribution in [0.2, 0.25) is 0 Å². The third-order valence-electron chi connectivity index (χ3n) is 3.15. The van der Waals surface area contributed by atoms with Crippen molar-refractivity contribution in [3.8, 4) is 11.4 Å². The summed E-state index contributed by atoms with van der Waals surface area (Å²) in [5.41, 5.74) is -1.85. The van der Waals surface area contributed by atoms with Gasteiger partial charge in [-0.3, -0.25) is 4.98 Å². The van der Waals surface area contributed by atoms with Crippen molar-refractivity contribution in [3.63, 3.8) is 0 Å². The van der Waals surface area contributed by atoms with Crippen LogP contribution in [0, 0.1) is 0 Å². The zero-order valence-corrected chi connectivity index (χ0v) is 13.8. The van der Waals surface area contributed by atoms with Gasteiger partial charge < -0.3 is 4.98 Å². The first kappa shape index (κ1) is 16.3. The minimum atomic E-state index is -4.28. The summed E-state index contributed by atoms with van der Waals surface area (Å²) < 4.78 is 37.5. The molecule has 1 N–H and O–H groups in total. The van der Waals surface area contributed by atoms with Crippen molar-refractivity contribution in [3.05, 3.63) is 42.6 Å². The Morgan fingerprint density at radius 3 is 2.74 bits per heavy atom. The molecule has 120 valence electrons. The van der Waals surface area contributed by atoms with E-state index in [1.807, 2.05) is 18.2 Å². The summed E-state index contributed by atoms with van der Waals surface area (Å²) in [5.74, 6) is 0.922. The Kier molecular flexibility index (Phi) is 4.59. The van der Waals surface area contributed by atoms with E-state index >= 15 is 0 Å². The van der Waals surface area contributed by atoms with Crippen LogP contribution in [0.15, 0.2) is 52.4 Å². The van der Waals surface area contributed by atoms with Gasteiger partial charge in [-0.1, -0.05) is 6.92 Å². The van der Waals surface area contributed by atoms with Crippen molar-refractivity contribution in [2.45, 2.75) is 22.2 Å². The fourth-order valence-electron chi connectivity index (χ4n) is 2.30. The number of halogens is 3. The Bertz CT molecular complexity index is 828. The Labute approximate surface area is 139 Å². The fraction of sp³-hybridized carbons (Fsp3) is 0.188. The Balaban J connectivity index is 2.00. The molecular formula is C16H13F3N2S2. The molecule has 2 aromatic heterocycles. The van der Waals surface area contributed by atoms with E-state index in [1.54, 1.807) is 30.1 Å². The van der Waals surface area contributed by atoms with Crippen molar-refractivity contribution in [2.24, 2.45) is 0 Å². The molecule has 0 spiro atoms. The number of thioether (sulfide) groups is 2. The average molecular weight is 354 g/mol. The minimum absolute atomic E-state index is 0.102. The summed E-state index contributed by atoms with van der Waals surface area (Å²) >= 11 is 1.58. The summed E-state index contributed by atoms with van der Waals surface area (Å²) in [6.07, 6.45) is 1.71. The minimum Gasteiger partial charge on any atom is -0.353 e. The van der Waals surface area contributed by atoms with Crippen LogP contribution in [0.3, 0.4) is 0 Å². The smallest absolute Gasteiger partial charge is 0.353 e. The van der Waals surface area contributed by atoms with E-state index in [0.29, 0.717) is 0 Å². The predicted molar refractivity (Wildman–Crippen MR) is 89.8 cm³/mol. The molecule has 0 saturated heterocycles. The third-order valence-corrected chi connectivity index (χ3v) is 4.80. The summed E-state index contributed by atoms with van der Waals surface area (Å²) in [7, 11) is 0. The summed E-state index contributed by atoms with van der Waals surface area (Å²) in [5, 5.41) is 0.743. The molecule has 0 saturated carbocycles. The molecule has 1 aromatic carbocycles. The van der Waals surface area contributed by atoms with Crippen molar-refractivity contribution in [1.29, 1.82) is 0 Å². The summed E-state index contributed by atoms with van der Waals surface area (Å²) in [4.78, 5) is 8.87. The molecule has 0 aliphatic rings. The number of nitrogens with zero attached hydrogens (tertiary/aromatic N) is 1. The van der Waals surface area contributed by atoms with Crippen LogP contribution < -0.4 is 0 Å². The number of nitrogens with one attached hydrogen (secondary N) is 1. The van der Waals surface area contributed by atoms with Gasteiger partial charge in [0.15, 0.2) is 0 Å². The van der Waals surface area contributed by atoms with E-state index in [9.17, 15) is 13.2 Å². The highest BCUT2D eigenvalue weighted by Crippen LogP contribution is 2.38. The number of alkyl halides is 3. The zero-order chi connectivity index (χ0) is 16.4. The van der Waals surface area contributed by atoms with E-state index in [4.69, 9.17) is 0 Å². The lowest BCUT2D eigenvalue weighted by Crippen LogP contribution is -1.98. The second-order valence-electron chi connectivity index (χ2n) is 4.76. The monoisotopic (exact) mass is 354 g/mol. The SMILES string of the molecule is CCSc1cccnc1-c1cc2cc(SC(F)(F)F)ccc2[nH]1. The van der Waals surface area contributed by atoms with Crippen molar-refractivity contribution < 1.29 is 13.2 Å². The van der Waals surface area contributed by atoms with E-state index in [1.165, 1.54) is 6.07 Å². The Morgan fingerprint density at radius 2 is 2.00 bits per heavy atom. The van der Waals surface area contributed by atoms with Gasteiger partial charge in [-0.2, -0.15) is 13.2 Å². The molecule has 0 atom stereocenters. The van der Waals surface area contributed by atoms with Gasteiger partial charge >= 0.3 is 5.51 Å². The molecule has 0 radical (unpaired) electrons. The van der Waals surface area contributed by atoms with Crippen LogP contribution in [0.1, 0.15) is 6.92 Å². The maximum Gasteiger partial charge on any atom is 0.446 e. The quantitative estimate of drug-likeness (QED) is 0.587. The highest BCUT2D eigenvalue weighted by atomic mass is 32.2. The normalized spacial score (nSPS) is 12.0. The fourth-order valence-corrected chi connectivity index (χ4v) is 3.67. The molecule has 0 bridgehead atoms. The topological polar surface area (TPSA) is 28.7 Å². The molecule has 3 aromatic rings. The Hall–Kier alpha value is -1.60. The lowest BCUT2D eigenvalue weighted by atomic mass is 10.2. The van der Waals surface area contributed by atoms with Gasteiger partial charge in [0.05, 0.1) is 11.4 Å². The number of hydrogen-bond donors (Lipinski definition) is 1. The maximum atomic E-state index is 12.5. The highest BCUT2D eigenvalue weighted by molar-refractivity contribution is 8.00. The lowest BCUT2D eigenvalue weighted by Gasteiger charge is -2.04. The van der Waals surface area contributed by atoms with Crippen LogP contribution in [0.4, 0.5) is 13.2 Å². The first-order chi connectivity index (χ1) is 11.0. The number of fused-ring (bicyclic) bond motifs is 1. The summed E-state index contributed by atoms with van der Waals surface area (Å²) in [6, 6.07) is 10.4. The number of aromatic nitrogens is 2. The number of H-pyrrole nitrogens is 1. The molecule has 2 nitrogen and oxygen atoms in total. The average Bonchev–Trinajstić information content (AvgIpc) is 2.89. The molecular weight excluding hydrogens is 341 g/mol. The second-order valence-corrected chi connectivity index (χ2v) is 7.21. The summed E-state index contributed by atoms with van der Waals surface area (Å²) in [6.45, 7) is 2.06. The number of pyridine rings is 1. The molecule has 0 amide bonds. The van der Waals surface area contributed by atoms with Gasteiger partial charge in [0, 0.05) is 26.9 Å². The first-order valence-corrected chi connectivity index (χ1v) is 8.73. The maximum absolute atomic E-state index is 12.5. The van der Waals surface area contributed by atoms with E-state index in [-0.39, 0.29) is 16.7 Å². The zero-order valence-electron chi connectivity index (χ0n) is 12.1. The molecule has 0 aliphatic heterocycles. The van der Waals surface area contributed by atoms with Gasteiger partial charge in [0.2, 0.25) is 0 Å². The number of hydrogen-bond acceptors (Lipinski definition) is 3. The van der Waals surface area contributed by atoms with Gasteiger partial charge in [0.25, 0.3) is 0 Å². The molecule has 0 aliphatic carbocycles. The standard InChI is InChI=1S/C16H13F3N2S2/c1-2-22-14-4-3-7-20-15(14)13-9-10-8-11(23-16(17,18)19)5-6-12(10)21-13/h3-9,21H,2H2,1H3. The largest absolute Gasteiger partial charge is 0.446 e. The van der Waals surface area contributed by atoms with Crippen LogP contribution >= 0.6 is 23.5 Å². The molecule has 23 heavy (non-hydrogen) atoms. The lowest BCUT2D eigenvalue weighted by molar-refractivity contribution is -0.0328. The van der Waals surface area contributed by atoms with Crippen molar-refractivity contribution >= 4 is 34.4 Å². The molecule has 0 unspecified atom stereocenters. The molecule has 2 heterocycles. The van der Waals surface area contributed by atoms with Gasteiger partial charge in [-0.25, -0.2) is 0 Å². The first-order valence-electron chi connectivity index (χ1n) is 6.93. The number of rotatable bonds is 4. The van der Waals surface area contributed by atoms with Crippen LogP contribution in [0.25, 0.3) is 22.3 Å². The highest BCUT2D eigenvalue weighted by Gasteiger charge is 2.29. The van der Waals surface area contributed by atoms with Gasteiger partial charge in [-0.05, 0) is 53.9 Å². The second kappa shape index (κ2) is 6.49. The Morgan fingerprint density at radius 1 is 1.17 bits per heavy atom. The third kappa shape index (κ3) is 3.84. The molecule has 3 rings (SSSR count). The van der Waals surface area contributed by atoms with Gasteiger partial charge in [-0.15, -0.1) is 11.8 Å². The van der Waals surface area contributed by atoms with E-state index in [0.717, 1.165) is 32.9 Å². The van der Waals surface area contributed by atoms with Gasteiger partial charge in [0.1, 0.15) is 0 Å². The molecule has 0 fully saturated rings. The van der Waals surface area contributed by atoms with Crippen molar-refractivity contribution in [1.82, 2.24) is 9.97 Å². The number of benzene rings is 1. The van der Waals surface area contributed by atoms with E-state index < -0.39 is 5.51 Å². The van der Waals surface area contributed by atoms with E-state index in [2.05, 4.69) is 16.9 Å². The van der Waals surface area contributed by atoms with Crippen molar-refractivity contribution in [2.75, 3.05) is 5.75 Å². The molecule has 7 heteroatoms. The van der Waals surface area contributed by atoms with Crippen LogP contribution in [0.5, 0.6) is 0 Å². The van der Waals surface area contributed by atoms with Crippen LogP contribution in [-0.2, 0) is 0 Å².